The molecule has 1 saturated heterocycles. The van der Waals surface area contributed by atoms with E-state index < -0.39 is 42.8 Å². The van der Waals surface area contributed by atoms with Crippen molar-refractivity contribution in [2.24, 2.45) is 17.2 Å². The second-order valence-corrected chi connectivity index (χ2v) is 7.70. The molecule has 0 amide bonds. The molecule has 27 heavy (non-hydrogen) atoms. The lowest BCUT2D eigenvalue weighted by Crippen LogP contribution is -2.72. The topological polar surface area (TPSA) is 170 Å². The zero-order chi connectivity index (χ0) is 20.3. The molecule has 0 radical (unpaired) electrons. The van der Waals surface area contributed by atoms with Crippen molar-refractivity contribution < 1.29 is 29.5 Å². The molecule has 0 aromatic carbocycles. The Balaban J connectivity index is 2.18. The molecule has 9 N–H and O–H groups in total. The highest BCUT2D eigenvalue weighted by atomic mass is 16.7. The van der Waals surface area contributed by atoms with Crippen molar-refractivity contribution in [1.82, 2.24) is 4.90 Å². The molecule has 10 heteroatoms. The van der Waals surface area contributed by atoms with Crippen molar-refractivity contribution >= 4 is 0 Å². The van der Waals surface area contributed by atoms with Gasteiger partial charge in [-0.2, -0.15) is 0 Å². The van der Waals surface area contributed by atoms with E-state index in [2.05, 4.69) is 0 Å². The Morgan fingerprint density at radius 3 is 2.41 bits per heavy atom. The minimum Gasteiger partial charge on any atom is -0.395 e. The predicted molar refractivity (Wildman–Crippen MR) is 98.7 cm³/mol. The number of nitrogens with zero attached hydrogens (tertiary/aromatic N) is 1. The zero-order valence-corrected chi connectivity index (χ0v) is 16.3. The molecule has 0 aromatic rings. The first-order valence-electron chi connectivity index (χ1n) is 9.50. The van der Waals surface area contributed by atoms with E-state index in [4.69, 9.17) is 31.4 Å². The number of methoxy groups -OCH3 is 1. The number of aliphatic hydroxyl groups excluding tert-OH is 3. The van der Waals surface area contributed by atoms with Crippen molar-refractivity contribution in [2.45, 2.75) is 80.7 Å². The summed E-state index contributed by atoms with van der Waals surface area (Å²) in [7, 11) is 3.17. The summed E-state index contributed by atoms with van der Waals surface area (Å²) < 4.78 is 17.3. The van der Waals surface area contributed by atoms with Gasteiger partial charge in [-0.15, -0.1) is 0 Å². The number of hydrogen-bond acceptors (Lipinski definition) is 10. The molecule has 0 unspecified atom stereocenters. The fourth-order valence-electron chi connectivity index (χ4n) is 4.01. The first-order valence-corrected chi connectivity index (χ1v) is 9.50. The minimum absolute atomic E-state index is 0.101. The molecule has 1 aliphatic carbocycles. The summed E-state index contributed by atoms with van der Waals surface area (Å²) in [6.07, 6.45) is -3.37. The SMILES string of the molecule is CO[C@H]1[C@H](O)[C@H](N)[C@@H](O[C@H]2O[C@H]([C@H](C)N)CC[C@H]2N)[C@@H](O)[C@H]1N(C)CCO. The number of nitrogens with two attached hydrogens (primary N) is 3. The molecule has 1 saturated carbocycles. The van der Waals surface area contributed by atoms with Gasteiger partial charge in [0.25, 0.3) is 0 Å². The summed E-state index contributed by atoms with van der Waals surface area (Å²) >= 11 is 0. The maximum absolute atomic E-state index is 11.0. The van der Waals surface area contributed by atoms with Crippen molar-refractivity contribution in [3.8, 4) is 0 Å². The van der Waals surface area contributed by atoms with E-state index in [0.29, 0.717) is 13.0 Å². The Morgan fingerprint density at radius 2 is 1.85 bits per heavy atom. The standard InChI is InChI=1S/C17H36N4O6/c1-8(18)10-5-4-9(19)17(26-10)27-15-11(20)13(23)16(25-3)12(14(15)24)21(2)6-7-22/h8-17,22-24H,4-7,18-20H2,1-3H3/t8-,9+,10-,11-,12+,13+,14-,15+,16+,17+/m0/s1. The minimum atomic E-state index is -1.07. The lowest BCUT2D eigenvalue weighted by molar-refractivity contribution is -0.268. The smallest absolute Gasteiger partial charge is 0.173 e. The number of hydrogen-bond donors (Lipinski definition) is 6. The average Bonchev–Trinajstić information content (AvgIpc) is 2.62. The molecule has 0 bridgehead atoms. The Kier molecular flexibility index (Phi) is 8.37. The fourth-order valence-corrected chi connectivity index (χ4v) is 4.01. The van der Waals surface area contributed by atoms with Gasteiger partial charge < -0.3 is 46.7 Å². The van der Waals surface area contributed by atoms with Crippen molar-refractivity contribution in [3.05, 3.63) is 0 Å². The van der Waals surface area contributed by atoms with Crippen LogP contribution >= 0.6 is 0 Å². The van der Waals surface area contributed by atoms with Gasteiger partial charge in [0.15, 0.2) is 6.29 Å². The highest BCUT2D eigenvalue weighted by Crippen LogP contribution is 2.30. The van der Waals surface area contributed by atoms with Crippen LogP contribution in [-0.2, 0) is 14.2 Å². The molecule has 2 rings (SSSR count). The monoisotopic (exact) mass is 392 g/mol. The van der Waals surface area contributed by atoms with Gasteiger partial charge in [-0.1, -0.05) is 0 Å². The summed E-state index contributed by atoms with van der Waals surface area (Å²) in [6.45, 7) is 2.05. The van der Waals surface area contributed by atoms with Gasteiger partial charge in [-0.3, -0.25) is 4.90 Å². The molecule has 2 fully saturated rings. The molecule has 0 spiro atoms. The third-order valence-electron chi connectivity index (χ3n) is 5.69. The molecule has 160 valence electrons. The largest absolute Gasteiger partial charge is 0.395 e. The normalized spacial score (nSPS) is 44.4. The van der Waals surface area contributed by atoms with Gasteiger partial charge in [0.1, 0.15) is 12.2 Å². The van der Waals surface area contributed by atoms with E-state index in [1.165, 1.54) is 7.11 Å². The Hall–Kier alpha value is -0.400. The van der Waals surface area contributed by atoms with Gasteiger partial charge in [-0.05, 0) is 26.8 Å². The molecule has 10 nitrogen and oxygen atoms in total. The van der Waals surface area contributed by atoms with Gasteiger partial charge in [0.05, 0.1) is 43.0 Å². The summed E-state index contributed by atoms with van der Waals surface area (Å²) in [5.74, 6) is 0. The molecule has 1 aliphatic heterocycles. The van der Waals surface area contributed by atoms with Crippen LogP contribution in [0.15, 0.2) is 0 Å². The summed E-state index contributed by atoms with van der Waals surface area (Å²) in [4.78, 5) is 1.72. The first kappa shape index (κ1) is 22.9. The molecular weight excluding hydrogens is 356 g/mol. The first-order chi connectivity index (χ1) is 12.7. The predicted octanol–water partition coefficient (Wildman–Crippen LogP) is -3.08. The Morgan fingerprint density at radius 1 is 1.19 bits per heavy atom. The second-order valence-electron chi connectivity index (χ2n) is 7.70. The van der Waals surface area contributed by atoms with Gasteiger partial charge in [0.2, 0.25) is 0 Å². The summed E-state index contributed by atoms with van der Waals surface area (Å²) in [5.41, 5.74) is 18.2. The average molecular weight is 392 g/mol. The number of ether oxygens (including phenoxy) is 3. The Bertz CT molecular complexity index is 459. The highest BCUT2D eigenvalue weighted by Gasteiger charge is 2.52. The maximum Gasteiger partial charge on any atom is 0.173 e. The van der Waals surface area contributed by atoms with Crippen LogP contribution in [0.25, 0.3) is 0 Å². The molecular formula is C17H36N4O6. The van der Waals surface area contributed by atoms with Crippen molar-refractivity contribution in [3.63, 3.8) is 0 Å². The summed E-state index contributed by atoms with van der Waals surface area (Å²) in [6, 6.07) is -2.08. The van der Waals surface area contributed by atoms with Crippen LogP contribution in [-0.4, -0.2) is 109 Å². The molecule has 1 heterocycles. The number of likely N-dealkylation sites (N-methyl/N-ethyl adjacent to an activating group) is 1. The number of rotatable bonds is 7. The fraction of sp³-hybridized carbons (Fsp3) is 1.00. The van der Waals surface area contributed by atoms with Crippen LogP contribution < -0.4 is 17.2 Å². The number of aliphatic hydroxyl groups is 3. The Labute approximate surface area is 160 Å². The van der Waals surface area contributed by atoms with Crippen molar-refractivity contribution in [1.29, 1.82) is 0 Å². The quantitative estimate of drug-likeness (QED) is 0.261. The van der Waals surface area contributed by atoms with E-state index in [0.717, 1.165) is 6.42 Å². The zero-order valence-electron chi connectivity index (χ0n) is 16.3. The van der Waals surface area contributed by atoms with E-state index in [1.54, 1.807) is 11.9 Å². The second kappa shape index (κ2) is 9.88. The lowest BCUT2D eigenvalue weighted by Gasteiger charge is -2.50. The van der Waals surface area contributed by atoms with E-state index in [9.17, 15) is 15.3 Å². The van der Waals surface area contributed by atoms with Crippen LogP contribution in [0.5, 0.6) is 0 Å². The highest BCUT2D eigenvalue weighted by molar-refractivity contribution is 5.06. The maximum atomic E-state index is 11.0. The summed E-state index contributed by atoms with van der Waals surface area (Å²) in [5, 5.41) is 30.8. The van der Waals surface area contributed by atoms with Crippen LogP contribution in [0.3, 0.4) is 0 Å². The molecule has 0 aromatic heterocycles. The van der Waals surface area contributed by atoms with Crippen LogP contribution in [0, 0.1) is 0 Å². The van der Waals surface area contributed by atoms with Crippen LogP contribution in [0.4, 0.5) is 0 Å². The van der Waals surface area contributed by atoms with Crippen LogP contribution in [0.1, 0.15) is 19.8 Å². The van der Waals surface area contributed by atoms with E-state index in [1.807, 2.05) is 6.92 Å². The van der Waals surface area contributed by atoms with Crippen molar-refractivity contribution in [2.75, 3.05) is 27.3 Å². The van der Waals surface area contributed by atoms with E-state index in [-0.39, 0.29) is 24.8 Å². The van der Waals surface area contributed by atoms with Crippen LogP contribution in [0.2, 0.25) is 0 Å². The van der Waals surface area contributed by atoms with Gasteiger partial charge in [-0.25, -0.2) is 0 Å². The lowest BCUT2D eigenvalue weighted by atomic mass is 9.80. The third-order valence-corrected chi connectivity index (χ3v) is 5.69. The van der Waals surface area contributed by atoms with Gasteiger partial charge >= 0.3 is 0 Å². The van der Waals surface area contributed by atoms with Gasteiger partial charge in [0, 0.05) is 19.7 Å². The third kappa shape index (κ3) is 4.96. The molecule has 10 atom stereocenters. The molecule has 2 aliphatic rings. The van der Waals surface area contributed by atoms with E-state index >= 15 is 0 Å².